The van der Waals surface area contributed by atoms with E-state index in [1.54, 1.807) is 24.1 Å². The van der Waals surface area contributed by atoms with Gasteiger partial charge in [-0.15, -0.1) is 0 Å². The van der Waals surface area contributed by atoms with Crippen molar-refractivity contribution in [2.45, 2.75) is 26.2 Å². The van der Waals surface area contributed by atoms with Gasteiger partial charge in [-0.3, -0.25) is 4.79 Å². The van der Waals surface area contributed by atoms with Crippen molar-refractivity contribution in [2.24, 2.45) is 11.7 Å². The number of hydrogen-bond donors (Lipinski definition) is 1. The highest BCUT2D eigenvalue weighted by Crippen LogP contribution is 2.17. The van der Waals surface area contributed by atoms with Gasteiger partial charge in [0.1, 0.15) is 12.4 Å². The number of halogens is 1. The molecule has 0 saturated heterocycles. The number of ether oxygens (including phenoxy) is 1. The standard InChI is InChI=1S/C16H25ClN2O2/c1-13(8-9-18)6-7-16(20)19(2)10-11-21-15-5-3-4-14(17)12-15/h3-5,12-13H,6-11,18H2,1-2H3. The van der Waals surface area contributed by atoms with Crippen molar-refractivity contribution in [3.63, 3.8) is 0 Å². The van der Waals surface area contributed by atoms with Crippen LogP contribution in [0.1, 0.15) is 26.2 Å². The van der Waals surface area contributed by atoms with Gasteiger partial charge < -0.3 is 15.4 Å². The SMILES string of the molecule is CC(CCN)CCC(=O)N(C)CCOc1cccc(Cl)c1. The summed E-state index contributed by atoms with van der Waals surface area (Å²) in [4.78, 5) is 13.7. The molecule has 1 aromatic carbocycles. The highest BCUT2D eigenvalue weighted by atomic mass is 35.5. The zero-order chi connectivity index (χ0) is 15.7. The molecule has 0 spiro atoms. The fourth-order valence-electron chi connectivity index (χ4n) is 1.97. The smallest absolute Gasteiger partial charge is 0.222 e. The Morgan fingerprint density at radius 3 is 2.86 bits per heavy atom. The van der Waals surface area contributed by atoms with E-state index in [1.165, 1.54) is 0 Å². The van der Waals surface area contributed by atoms with Crippen LogP contribution in [0.25, 0.3) is 0 Å². The van der Waals surface area contributed by atoms with Crippen LogP contribution in [0.4, 0.5) is 0 Å². The van der Waals surface area contributed by atoms with Crippen LogP contribution in [-0.4, -0.2) is 37.6 Å². The maximum Gasteiger partial charge on any atom is 0.222 e. The minimum Gasteiger partial charge on any atom is -0.492 e. The highest BCUT2D eigenvalue weighted by molar-refractivity contribution is 6.30. The Balaban J connectivity index is 2.23. The molecule has 0 aliphatic heterocycles. The second kappa shape index (κ2) is 9.64. The second-order valence-electron chi connectivity index (χ2n) is 5.34. The van der Waals surface area contributed by atoms with E-state index in [9.17, 15) is 4.79 Å². The van der Waals surface area contributed by atoms with Crippen LogP contribution in [0.15, 0.2) is 24.3 Å². The third-order valence-corrected chi connectivity index (χ3v) is 3.66. The number of nitrogens with zero attached hydrogens (tertiary/aromatic N) is 1. The Hall–Kier alpha value is -1.26. The molecule has 2 N–H and O–H groups in total. The molecule has 0 aliphatic rings. The first kappa shape index (κ1) is 17.8. The van der Waals surface area contributed by atoms with Crippen LogP contribution >= 0.6 is 11.6 Å². The van der Waals surface area contributed by atoms with E-state index in [4.69, 9.17) is 22.1 Å². The van der Waals surface area contributed by atoms with Gasteiger partial charge in [0.15, 0.2) is 0 Å². The number of hydrogen-bond acceptors (Lipinski definition) is 3. The maximum atomic E-state index is 12.0. The zero-order valence-corrected chi connectivity index (χ0v) is 13.6. The van der Waals surface area contributed by atoms with Gasteiger partial charge in [0.25, 0.3) is 0 Å². The monoisotopic (exact) mass is 312 g/mol. The molecule has 21 heavy (non-hydrogen) atoms. The predicted octanol–water partition coefficient (Wildman–Crippen LogP) is 2.94. The quantitative estimate of drug-likeness (QED) is 0.762. The minimum atomic E-state index is 0.147. The summed E-state index contributed by atoms with van der Waals surface area (Å²) in [6.45, 7) is 3.83. The van der Waals surface area contributed by atoms with Crippen LogP contribution in [0.5, 0.6) is 5.75 Å². The lowest BCUT2D eigenvalue weighted by Gasteiger charge is -2.18. The van der Waals surface area contributed by atoms with Gasteiger partial charge in [-0.2, -0.15) is 0 Å². The summed E-state index contributed by atoms with van der Waals surface area (Å²) in [5, 5.41) is 0.644. The summed E-state index contributed by atoms with van der Waals surface area (Å²) >= 11 is 5.88. The molecule has 1 atom stereocenters. The number of benzene rings is 1. The molecule has 5 heteroatoms. The second-order valence-corrected chi connectivity index (χ2v) is 5.78. The lowest BCUT2D eigenvalue weighted by Crippen LogP contribution is -2.31. The molecule has 4 nitrogen and oxygen atoms in total. The van der Waals surface area contributed by atoms with Crippen LogP contribution in [0, 0.1) is 5.92 Å². The van der Waals surface area contributed by atoms with Crippen molar-refractivity contribution in [3.05, 3.63) is 29.3 Å². The molecular formula is C16H25ClN2O2. The average Bonchev–Trinajstić information content (AvgIpc) is 2.45. The molecule has 1 amide bonds. The zero-order valence-electron chi connectivity index (χ0n) is 12.8. The van der Waals surface area contributed by atoms with Gasteiger partial charge in [0.2, 0.25) is 5.91 Å². The van der Waals surface area contributed by atoms with Crippen molar-refractivity contribution in [1.29, 1.82) is 0 Å². The molecule has 0 fully saturated rings. The fourth-order valence-corrected chi connectivity index (χ4v) is 2.15. The maximum absolute atomic E-state index is 12.0. The van der Waals surface area contributed by atoms with E-state index in [1.807, 2.05) is 12.1 Å². The van der Waals surface area contributed by atoms with Crippen LogP contribution in [0.3, 0.4) is 0 Å². The highest BCUT2D eigenvalue weighted by Gasteiger charge is 2.11. The molecule has 0 heterocycles. The van der Waals surface area contributed by atoms with Gasteiger partial charge in [0, 0.05) is 18.5 Å². The molecule has 1 aromatic rings. The van der Waals surface area contributed by atoms with Crippen LogP contribution in [-0.2, 0) is 4.79 Å². The Bertz CT molecular complexity index is 440. The normalized spacial score (nSPS) is 12.0. The molecule has 0 aliphatic carbocycles. The van der Waals surface area contributed by atoms with E-state index in [0.29, 0.717) is 37.1 Å². The predicted molar refractivity (Wildman–Crippen MR) is 86.7 cm³/mol. The van der Waals surface area contributed by atoms with E-state index in [2.05, 4.69) is 6.92 Å². The number of likely N-dealkylation sites (N-methyl/N-ethyl adjacent to an activating group) is 1. The van der Waals surface area contributed by atoms with E-state index in [0.717, 1.165) is 18.6 Å². The summed E-state index contributed by atoms with van der Waals surface area (Å²) in [6.07, 6.45) is 2.42. The third-order valence-electron chi connectivity index (χ3n) is 3.43. The van der Waals surface area contributed by atoms with Crippen LogP contribution in [0.2, 0.25) is 5.02 Å². The first-order valence-corrected chi connectivity index (χ1v) is 7.73. The number of rotatable bonds is 9. The van der Waals surface area contributed by atoms with Crippen molar-refractivity contribution >= 4 is 17.5 Å². The summed E-state index contributed by atoms with van der Waals surface area (Å²) in [5.41, 5.74) is 5.51. The van der Waals surface area contributed by atoms with E-state index in [-0.39, 0.29) is 5.91 Å². The summed E-state index contributed by atoms with van der Waals surface area (Å²) in [5.74, 6) is 1.36. The van der Waals surface area contributed by atoms with Gasteiger partial charge in [-0.05, 0) is 43.5 Å². The first-order chi connectivity index (χ1) is 10.0. The number of nitrogens with two attached hydrogens (primary N) is 1. The summed E-state index contributed by atoms with van der Waals surface area (Å²) < 4.78 is 5.58. The molecule has 118 valence electrons. The Morgan fingerprint density at radius 2 is 2.19 bits per heavy atom. The van der Waals surface area contributed by atoms with Crippen molar-refractivity contribution < 1.29 is 9.53 Å². The number of carbonyl (C=O) groups excluding carboxylic acids is 1. The van der Waals surface area contributed by atoms with E-state index >= 15 is 0 Å². The molecule has 1 unspecified atom stereocenters. The Kier molecular flexibility index (Phi) is 8.16. The summed E-state index contributed by atoms with van der Waals surface area (Å²) in [6, 6.07) is 7.25. The van der Waals surface area contributed by atoms with Crippen molar-refractivity contribution in [3.8, 4) is 5.75 Å². The average molecular weight is 313 g/mol. The van der Waals surface area contributed by atoms with Crippen LogP contribution < -0.4 is 10.5 Å². The van der Waals surface area contributed by atoms with E-state index < -0.39 is 0 Å². The minimum absolute atomic E-state index is 0.147. The lowest BCUT2D eigenvalue weighted by atomic mass is 10.0. The summed E-state index contributed by atoms with van der Waals surface area (Å²) in [7, 11) is 1.80. The lowest BCUT2D eigenvalue weighted by molar-refractivity contribution is -0.130. The number of carbonyl (C=O) groups is 1. The molecule has 1 rings (SSSR count). The van der Waals surface area contributed by atoms with Crippen molar-refractivity contribution in [1.82, 2.24) is 4.90 Å². The first-order valence-electron chi connectivity index (χ1n) is 7.35. The van der Waals surface area contributed by atoms with Gasteiger partial charge in [0.05, 0.1) is 6.54 Å². The third kappa shape index (κ3) is 7.34. The Labute approximate surface area is 132 Å². The number of amides is 1. The largest absolute Gasteiger partial charge is 0.492 e. The molecule has 0 aromatic heterocycles. The Morgan fingerprint density at radius 1 is 1.43 bits per heavy atom. The molecule has 0 saturated carbocycles. The van der Waals surface area contributed by atoms with Gasteiger partial charge >= 0.3 is 0 Å². The van der Waals surface area contributed by atoms with Gasteiger partial charge in [-0.25, -0.2) is 0 Å². The topological polar surface area (TPSA) is 55.6 Å². The fraction of sp³-hybridized carbons (Fsp3) is 0.562. The van der Waals surface area contributed by atoms with Crippen molar-refractivity contribution in [2.75, 3.05) is 26.7 Å². The molecule has 0 radical (unpaired) electrons. The molecular weight excluding hydrogens is 288 g/mol. The van der Waals surface area contributed by atoms with Gasteiger partial charge in [-0.1, -0.05) is 24.6 Å². The molecule has 0 bridgehead atoms.